The van der Waals surface area contributed by atoms with Crippen LogP contribution in [0.15, 0.2) is 18.5 Å². The number of nitrogens with zero attached hydrogens (tertiary/aromatic N) is 4. The molecule has 0 bridgehead atoms. The number of nitrogens with one attached hydrogen (secondary N) is 1. The molecular weight excluding hydrogens is 282 g/mol. The number of rotatable bonds is 6. The van der Waals surface area contributed by atoms with Gasteiger partial charge in [0, 0.05) is 45.1 Å². The van der Waals surface area contributed by atoms with E-state index < -0.39 is 0 Å². The van der Waals surface area contributed by atoms with Gasteiger partial charge in [-0.2, -0.15) is 0 Å². The predicted molar refractivity (Wildman–Crippen MR) is 81.5 cm³/mol. The second-order valence-electron chi connectivity index (χ2n) is 5.40. The normalized spacial score (nSPS) is 17.8. The molecule has 0 saturated carbocycles. The van der Waals surface area contributed by atoms with Crippen molar-refractivity contribution in [3.63, 3.8) is 0 Å². The Morgan fingerprint density at radius 3 is 3.05 bits per heavy atom. The Labute approximate surface area is 129 Å². The average Bonchev–Trinajstić information content (AvgIpc) is 3.17. The van der Waals surface area contributed by atoms with Gasteiger partial charge in [-0.05, 0) is 6.42 Å². The molecule has 3 rings (SSSR count). The Hall–Kier alpha value is -1.99. The molecule has 0 amide bonds. The van der Waals surface area contributed by atoms with Crippen LogP contribution in [0.4, 0.5) is 5.82 Å². The Morgan fingerprint density at radius 2 is 2.36 bits per heavy atom. The summed E-state index contributed by atoms with van der Waals surface area (Å²) in [5, 5.41) is 3.32. The van der Waals surface area contributed by atoms with Crippen LogP contribution in [0.3, 0.4) is 0 Å². The zero-order valence-electron chi connectivity index (χ0n) is 13.0. The van der Waals surface area contributed by atoms with Crippen LogP contribution in [-0.4, -0.2) is 39.8 Å². The molecule has 1 unspecified atom stereocenters. The highest BCUT2D eigenvalue weighted by molar-refractivity contribution is 5.37. The summed E-state index contributed by atoms with van der Waals surface area (Å²) in [4.78, 5) is 13.4. The van der Waals surface area contributed by atoms with Crippen molar-refractivity contribution in [1.29, 1.82) is 0 Å². The van der Waals surface area contributed by atoms with Crippen LogP contribution in [0.5, 0.6) is 0 Å². The molecule has 1 aliphatic rings. The number of ether oxygens (including phenoxy) is 2. The van der Waals surface area contributed by atoms with Crippen molar-refractivity contribution in [2.75, 3.05) is 25.6 Å². The van der Waals surface area contributed by atoms with E-state index in [1.54, 1.807) is 13.3 Å². The highest BCUT2D eigenvalue weighted by Gasteiger charge is 2.20. The first-order chi connectivity index (χ1) is 10.8. The molecule has 0 aliphatic carbocycles. The van der Waals surface area contributed by atoms with Crippen molar-refractivity contribution in [3.05, 3.63) is 35.8 Å². The van der Waals surface area contributed by atoms with Crippen molar-refractivity contribution in [3.8, 4) is 0 Å². The molecule has 1 saturated heterocycles. The molecule has 1 N–H and O–H groups in total. The number of hydrogen-bond acceptors (Lipinski definition) is 6. The van der Waals surface area contributed by atoms with Gasteiger partial charge in [-0.25, -0.2) is 15.0 Å². The lowest BCUT2D eigenvalue weighted by Gasteiger charge is -2.12. The van der Waals surface area contributed by atoms with Gasteiger partial charge in [-0.3, -0.25) is 0 Å². The summed E-state index contributed by atoms with van der Waals surface area (Å²) in [6.07, 6.45) is 4.71. The molecule has 2 aromatic heterocycles. The van der Waals surface area contributed by atoms with Crippen molar-refractivity contribution >= 4 is 5.82 Å². The topological polar surface area (TPSA) is 74.1 Å². The summed E-state index contributed by atoms with van der Waals surface area (Å²) in [5.74, 6) is 2.78. The van der Waals surface area contributed by atoms with Crippen LogP contribution in [-0.2, 0) is 29.7 Å². The molecule has 1 aliphatic heterocycles. The Balaban J connectivity index is 1.77. The van der Waals surface area contributed by atoms with Crippen molar-refractivity contribution in [2.45, 2.75) is 25.5 Å². The van der Waals surface area contributed by atoms with Gasteiger partial charge in [-0.1, -0.05) is 0 Å². The van der Waals surface area contributed by atoms with Crippen LogP contribution < -0.4 is 5.32 Å². The largest absolute Gasteiger partial charge is 0.381 e. The van der Waals surface area contributed by atoms with Crippen LogP contribution in [0.25, 0.3) is 0 Å². The summed E-state index contributed by atoms with van der Waals surface area (Å²) in [7, 11) is 3.62. The molecule has 1 atom stereocenters. The molecule has 3 heterocycles. The maximum Gasteiger partial charge on any atom is 0.156 e. The number of hydrogen-bond donors (Lipinski definition) is 1. The number of aryl methyl sites for hydroxylation is 1. The van der Waals surface area contributed by atoms with E-state index in [2.05, 4.69) is 20.3 Å². The SMILES string of the molecule is COCc1nc(NCc2nccn2C)cc(C2CCOC2)n1. The van der Waals surface area contributed by atoms with Gasteiger partial charge < -0.3 is 19.4 Å². The number of methoxy groups -OCH3 is 1. The lowest BCUT2D eigenvalue weighted by Crippen LogP contribution is -2.11. The summed E-state index contributed by atoms with van der Waals surface area (Å²) in [6.45, 7) is 2.54. The third-order valence-electron chi connectivity index (χ3n) is 3.76. The molecular formula is C15H21N5O2. The molecule has 7 heteroatoms. The summed E-state index contributed by atoms with van der Waals surface area (Å²) < 4.78 is 12.6. The molecule has 118 valence electrons. The first-order valence-corrected chi connectivity index (χ1v) is 7.41. The van der Waals surface area contributed by atoms with Crippen LogP contribution >= 0.6 is 0 Å². The molecule has 0 aromatic carbocycles. The fourth-order valence-corrected chi connectivity index (χ4v) is 2.52. The van der Waals surface area contributed by atoms with Gasteiger partial charge in [0.1, 0.15) is 18.2 Å². The summed E-state index contributed by atoms with van der Waals surface area (Å²) in [5.41, 5.74) is 1.02. The summed E-state index contributed by atoms with van der Waals surface area (Å²) in [6, 6.07) is 2.00. The average molecular weight is 303 g/mol. The van der Waals surface area contributed by atoms with E-state index in [1.165, 1.54) is 0 Å². The molecule has 7 nitrogen and oxygen atoms in total. The van der Waals surface area contributed by atoms with E-state index >= 15 is 0 Å². The maximum atomic E-state index is 5.46. The van der Waals surface area contributed by atoms with Gasteiger partial charge in [0.2, 0.25) is 0 Å². The smallest absolute Gasteiger partial charge is 0.156 e. The Morgan fingerprint density at radius 1 is 1.45 bits per heavy atom. The zero-order valence-corrected chi connectivity index (χ0v) is 13.0. The standard InChI is InChI=1S/C15H21N5O2/c1-20-5-4-16-15(20)8-17-13-7-12(11-3-6-22-9-11)18-14(19-13)10-21-2/h4-5,7,11H,3,6,8-10H2,1-2H3,(H,17,18,19). The minimum Gasteiger partial charge on any atom is -0.381 e. The summed E-state index contributed by atoms with van der Waals surface area (Å²) >= 11 is 0. The fourth-order valence-electron chi connectivity index (χ4n) is 2.52. The van der Waals surface area contributed by atoms with Crippen LogP contribution in [0.2, 0.25) is 0 Å². The van der Waals surface area contributed by atoms with Crippen molar-refractivity contribution < 1.29 is 9.47 Å². The van der Waals surface area contributed by atoms with E-state index in [1.807, 2.05) is 23.9 Å². The van der Waals surface area contributed by atoms with E-state index in [-0.39, 0.29) is 0 Å². The lowest BCUT2D eigenvalue weighted by molar-refractivity contribution is 0.177. The van der Waals surface area contributed by atoms with Crippen LogP contribution in [0, 0.1) is 0 Å². The number of imidazole rings is 1. The quantitative estimate of drug-likeness (QED) is 0.871. The number of aromatic nitrogens is 4. The Bertz CT molecular complexity index is 622. The Kier molecular flexibility index (Phi) is 4.65. The molecule has 0 spiro atoms. The fraction of sp³-hybridized carbons (Fsp3) is 0.533. The number of anilines is 1. The van der Waals surface area contributed by atoms with E-state index in [0.717, 1.165) is 37.0 Å². The molecule has 22 heavy (non-hydrogen) atoms. The predicted octanol–water partition coefficient (Wildman–Crippen LogP) is 1.47. The molecule has 2 aromatic rings. The highest BCUT2D eigenvalue weighted by atomic mass is 16.5. The molecule has 1 fully saturated rings. The zero-order chi connectivity index (χ0) is 15.4. The van der Waals surface area contributed by atoms with Gasteiger partial charge in [0.25, 0.3) is 0 Å². The van der Waals surface area contributed by atoms with Gasteiger partial charge >= 0.3 is 0 Å². The van der Waals surface area contributed by atoms with E-state index in [4.69, 9.17) is 9.47 Å². The second kappa shape index (κ2) is 6.85. The van der Waals surface area contributed by atoms with Gasteiger partial charge in [0.15, 0.2) is 5.82 Å². The lowest BCUT2D eigenvalue weighted by atomic mass is 10.0. The third kappa shape index (κ3) is 3.42. The van der Waals surface area contributed by atoms with Gasteiger partial charge in [-0.15, -0.1) is 0 Å². The third-order valence-corrected chi connectivity index (χ3v) is 3.76. The van der Waals surface area contributed by atoms with E-state index in [0.29, 0.717) is 24.9 Å². The minimum absolute atomic E-state index is 0.340. The van der Waals surface area contributed by atoms with Crippen molar-refractivity contribution in [1.82, 2.24) is 19.5 Å². The highest BCUT2D eigenvalue weighted by Crippen LogP contribution is 2.25. The van der Waals surface area contributed by atoms with Crippen molar-refractivity contribution in [2.24, 2.45) is 7.05 Å². The maximum absolute atomic E-state index is 5.46. The van der Waals surface area contributed by atoms with E-state index in [9.17, 15) is 0 Å². The molecule has 0 radical (unpaired) electrons. The minimum atomic E-state index is 0.340. The van der Waals surface area contributed by atoms with Gasteiger partial charge in [0.05, 0.1) is 18.8 Å². The first kappa shape index (κ1) is 14.9. The van der Waals surface area contributed by atoms with Crippen LogP contribution in [0.1, 0.15) is 29.7 Å². The first-order valence-electron chi connectivity index (χ1n) is 7.41. The monoisotopic (exact) mass is 303 g/mol. The second-order valence-corrected chi connectivity index (χ2v) is 5.40.